The van der Waals surface area contributed by atoms with Gasteiger partial charge in [-0.2, -0.15) is 0 Å². The maximum absolute atomic E-state index is 13.3. The molecule has 3 aliphatic rings. The Morgan fingerprint density at radius 3 is 2.62 bits per heavy atom. The highest BCUT2D eigenvalue weighted by Gasteiger charge is 2.33. The molecule has 160 valence electrons. The molecule has 29 heavy (non-hydrogen) atoms. The molecular formula is C23H36N4O2. The number of piperidine rings is 2. The lowest BCUT2D eigenvalue weighted by Crippen LogP contribution is -2.50. The second-order valence-electron chi connectivity index (χ2n) is 8.84. The van der Waals surface area contributed by atoms with Crippen molar-refractivity contribution in [2.45, 2.75) is 51.1 Å². The van der Waals surface area contributed by atoms with Crippen molar-refractivity contribution in [3.8, 4) is 0 Å². The Labute approximate surface area is 175 Å². The number of amides is 1. The van der Waals surface area contributed by atoms with Gasteiger partial charge in [0.15, 0.2) is 0 Å². The first-order valence-electron chi connectivity index (χ1n) is 11.5. The predicted molar refractivity (Wildman–Crippen MR) is 113 cm³/mol. The minimum absolute atomic E-state index is 0.212. The molecule has 0 saturated carbocycles. The summed E-state index contributed by atoms with van der Waals surface area (Å²) in [6.07, 6.45) is 10.5. The highest BCUT2D eigenvalue weighted by atomic mass is 16.5. The molecule has 0 bridgehead atoms. The van der Waals surface area contributed by atoms with E-state index >= 15 is 0 Å². The van der Waals surface area contributed by atoms with E-state index in [1.54, 1.807) is 0 Å². The number of rotatable bonds is 6. The maximum atomic E-state index is 13.3. The molecular weight excluding hydrogens is 364 g/mol. The molecule has 6 heteroatoms. The first-order valence-corrected chi connectivity index (χ1v) is 11.5. The van der Waals surface area contributed by atoms with E-state index in [4.69, 9.17) is 4.74 Å². The topological polar surface area (TPSA) is 48.9 Å². The van der Waals surface area contributed by atoms with Gasteiger partial charge in [-0.05, 0) is 63.2 Å². The van der Waals surface area contributed by atoms with Gasteiger partial charge >= 0.3 is 0 Å². The zero-order valence-electron chi connectivity index (χ0n) is 17.7. The largest absolute Gasteiger partial charge is 0.379 e. The predicted octanol–water partition coefficient (Wildman–Crippen LogP) is 2.40. The monoisotopic (exact) mass is 400 g/mol. The molecule has 0 spiro atoms. The van der Waals surface area contributed by atoms with Crippen molar-refractivity contribution >= 4 is 5.91 Å². The minimum Gasteiger partial charge on any atom is -0.379 e. The van der Waals surface area contributed by atoms with Gasteiger partial charge in [-0.3, -0.25) is 19.6 Å². The van der Waals surface area contributed by atoms with Crippen LogP contribution in [0.15, 0.2) is 24.5 Å². The molecule has 1 atom stereocenters. The fourth-order valence-electron chi connectivity index (χ4n) is 5.07. The molecule has 4 rings (SSSR count). The van der Waals surface area contributed by atoms with Crippen LogP contribution in [0.4, 0.5) is 0 Å². The molecule has 0 aliphatic carbocycles. The summed E-state index contributed by atoms with van der Waals surface area (Å²) >= 11 is 0. The summed E-state index contributed by atoms with van der Waals surface area (Å²) in [5.74, 6) is 0.641. The number of aromatic nitrogens is 1. The number of carbonyl (C=O) groups is 1. The van der Waals surface area contributed by atoms with Crippen molar-refractivity contribution in [3.63, 3.8) is 0 Å². The van der Waals surface area contributed by atoms with Gasteiger partial charge in [-0.1, -0.05) is 6.07 Å². The average molecular weight is 401 g/mol. The third-order valence-corrected chi connectivity index (χ3v) is 6.86. The highest BCUT2D eigenvalue weighted by Crippen LogP contribution is 2.27. The number of likely N-dealkylation sites (tertiary alicyclic amines) is 2. The maximum Gasteiger partial charge on any atom is 0.226 e. The zero-order chi connectivity index (χ0) is 19.9. The number of hydrogen-bond donors (Lipinski definition) is 0. The normalized spacial score (nSPS) is 25.2. The van der Waals surface area contributed by atoms with E-state index < -0.39 is 0 Å². The molecule has 1 aromatic rings. The van der Waals surface area contributed by atoms with E-state index in [0.717, 1.165) is 78.3 Å². The molecule has 3 saturated heterocycles. The zero-order valence-corrected chi connectivity index (χ0v) is 17.7. The van der Waals surface area contributed by atoms with E-state index in [1.807, 2.05) is 18.5 Å². The summed E-state index contributed by atoms with van der Waals surface area (Å²) in [5.41, 5.74) is 1.26. The highest BCUT2D eigenvalue weighted by molar-refractivity contribution is 5.79. The molecule has 1 unspecified atom stereocenters. The van der Waals surface area contributed by atoms with Crippen LogP contribution in [0.3, 0.4) is 0 Å². The number of hydrogen-bond acceptors (Lipinski definition) is 5. The Bertz CT molecular complexity index is 627. The Hall–Kier alpha value is -1.50. The number of ether oxygens (including phenoxy) is 1. The van der Waals surface area contributed by atoms with Crippen LogP contribution in [-0.2, 0) is 16.1 Å². The fourth-order valence-corrected chi connectivity index (χ4v) is 5.07. The summed E-state index contributed by atoms with van der Waals surface area (Å²) in [5, 5.41) is 0. The number of nitrogens with zero attached hydrogens (tertiary/aromatic N) is 4. The van der Waals surface area contributed by atoms with Crippen molar-refractivity contribution in [2.24, 2.45) is 5.92 Å². The van der Waals surface area contributed by atoms with Gasteiger partial charge in [0.05, 0.1) is 13.2 Å². The molecule has 0 N–H and O–H groups in total. The third kappa shape index (κ3) is 5.77. The van der Waals surface area contributed by atoms with Gasteiger partial charge in [0, 0.05) is 57.1 Å². The van der Waals surface area contributed by atoms with Crippen LogP contribution in [0, 0.1) is 5.92 Å². The molecule has 1 aromatic heterocycles. The molecule has 3 aliphatic heterocycles. The van der Waals surface area contributed by atoms with Crippen molar-refractivity contribution in [1.29, 1.82) is 0 Å². The molecule has 3 fully saturated rings. The molecule has 4 heterocycles. The fraction of sp³-hybridized carbons (Fsp3) is 0.739. The van der Waals surface area contributed by atoms with Crippen LogP contribution in [0.5, 0.6) is 0 Å². The van der Waals surface area contributed by atoms with E-state index in [-0.39, 0.29) is 5.92 Å². The summed E-state index contributed by atoms with van der Waals surface area (Å²) < 4.78 is 5.46. The van der Waals surface area contributed by atoms with Crippen LogP contribution in [0.1, 0.15) is 44.1 Å². The van der Waals surface area contributed by atoms with Gasteiger partial charge in [-0.15, -0.1) is 0 Å². The lowest BCUT2D eigenvalue weighted by molar-refractivity contribution is -0.141. The lowest BCUT2D eigenvalue weighted by atomic mass is 9.91. The van der Waals surface area contributed by atoms with Crippen molar-refractivity contribution in [3.05, 3.63) is 30.1 Å². The lowest BCUT2D eigenvalue weighted by Gasteiger charge is -2.41. The van der Waals surface area contributed by atoms with E-state index in [9.17, 15) is 4.79 Å². The molecule has 6 nitrogen and oxygen atoms in total. The van der Waals surface area contributed by atoms with Crippen LogP contribution in [0.25, 0.3) is 0 Å². The molecule has 1 amide bonds. The summed E-state index contributed by atoms with van der Waals surface area (Å²) in [6, 6.07) is 4.57. The summed E-state index contributed by atoms with van der Waals surface area (Å²) in [6.45, 7) is 8.81. The minimum atomic E-state index is 0.212. The van der Waals surface area contributed by atoms with E-state index in [0.29, 0.717) is 11.9 Å². The quantitative estimate of drug-likeness (QED) is 0.734. The summed E-state index contributed by atoms with van der Waals surface area (Å²) in [7, 11) is 0. The van der Waals surface area contributed by atoms with Gasteiger partial charge < -0.3 is 9.64 Å². The molecule has 0 radical (unpaired) electrons. The van der Waals surface area contributed by atoms with Crippen LogP contribution in [0.2, 0.25) is 0 Å². The first-order chi connectivity index (χ1) is 14.3. The first kappa shape index (κ1) is 20.8. The Balaban J connectivity index is 1.26. The van der Waals surface area contributed by atoms with E-state index in [2.05, 4.69) is 25.8 Å². The smallest absolute Gasteiger partial charge is 0.226 e. The Morgan fingerprint density at radius 1 is 1.03 bits per heavy atom. The van der Waals surface area contributed by atoms with Gasteiger partial charge in [0.2, 0.25) is 5.91 Å². The van der Waals surface area contributed by atoms with Crippen LogP contribution >= 0.6 is 0 Å². The van der Waals surface area contributed by atoms with Crippen molar-refractivity contribution in [2.75, 3.05) is 52.5 Å². The van der Waals surface area contributed by atoms with Crippen LogP contribution < -0.4 is 0 Å². The van der Waals surface area contributed by atoms with Gasteiger partial charge in [0.25, 0.3) is 0 Å². The van der Waals surface area contributed by atoms with E-state index in [1.165, 1.54) is 24.8 Å². The SMILES string of the molecule is O=C(C1CCN(Cc2cccnc2)CC1)N1CCCCC1CCN1CCOCC1. The Kier molecular flexibility index (Phi) is 7.52. The van der Waals surface area contributed by atoms with Gasteiger partial charge in [-0.25, -0.2) is 0 Å². The van der Waals surface area contributed by atoms with Crippen LogP contribution in [-0.4, -0.2) is 84.1 Å². The average Bonchev–Trinajstić information content (AvgIpc) is 2.79. The standard InChI is InChI=1S/C23H36N4O2/c28-23(21-6-11-26(12-7-21)19-20-4-3-9-24-18-20)27-10-2-1-5-22(27)8-13-25-14-16-29-17-15-25/h3-4,9,18,21-22H,1-2,5-8,10-17,19H2. The number of morpholine rings is 1. The van der Waals surface area contributed by atoms with Gasteiger partial charge in [0.1, 0.15) is 0 Å². The number of pyridine rings is 1. The van der Waals surface area contributed by atoms with Crippen molar-refractivity contribution in [1.82, 2.24) is 19.7 Å². The molecule has 0 aromatic carbocycles. The number of carbonyl (C=O) groups excluding carboxylic acids is 1. The summed E-state index contributed by atoms with van der Waals surface area (Å²) in [4.78, 5) is 24.8. The Morgan fingerprint density at radius 2 is 1.86 bits per heavy atom. The third-order valence-electron chi connectivity index (χ3n) is 6.86. The van der Waals surface area contributed by atoms with Crippen molar-refractivity contribution < 1.29 is 9.53 Å². The second-order valence-corrected chi connectivity index (χ2v) is 8.84. The second kappa shape index (κ2) is 10.5.